The van der Waals surface area contributed by atoms with Crippen LogP contribution in [0.25, 0.3) is 22.8 Å². The number of nitrogens with two attached hydrogens (primary N) is 2. The lowest BCUT2D eigenvalue weighted by Crippen LogP contribution is -1.87. The fourth-order valence-electron chi connectivity index (χ4n) is 1.88. The van der Waals surface area contributed by atoms with E-state index in [1.165, 1.54) is 0 Å². The molecule has 5 heteroatoms. The number of benzene rings is 2. The predicted molar refractivity (Wildman–Crippen MR) is 76.1 cm³/mol. The van der Waals surface area contributed by atoms with Crippen molar-refractivity contribution >= 4 is 11.4 Å². The van der Waals surface area contributed by atoms with Crippen LogP contribution in [0.4, 0.5) is 11.4 Å². The Balaban J connectivity index is 2.00. The zero-order valence-electron chi connectivity index (χ0n) is 10.2. The zero-order chi connectivity index (χ0) is 13.2. The minimum Gasteiger partial charge on any atom is -0.399 e. The first-order valence-electron chi connectivity index (χ1n) is 5.86. The number of nitrogens with zero attached hydrogens (tertiary/aromatic N) is 2. The SMILES string of the molecule is Nc1cccc(-c2n[nH]c(-c3cccc(N)c3)n2)c1. The van der Waals surface area contributed by atoms with Crippen molar-refractivity contribution in [3.05, 3.63) is 48.5 Å². The molecule has 0 saturated carbocycles. The summed E-state index contributed by atoms with van der Waals surface area (Å²) in [6.45, 7) is 0. The van der Waals surface area contributed by atoms with E-state index in [0.29, 0.717) is 23.0 Å². The lowest BCUT2D eigenvalue weighted by molar-refractivity contribution is 1.10. The van der Waals surface area contributed by atoms with Crippen molar-refractivity contribution in [2.24, 2.45) is 0 Å². The van der Waals surface area contributed by atoms with Gasteiger partial charge in [0, 0.05) is 22.5 Å². The van der Waals surface area contributed by atoms with Gasteiger partial charge in [-0.1, -0.05) is 24.3 Å². The van der Waals surface area contributed by atoms with Crippen molar-refractivity contribution in [2.45, 2.75) is 0 Å². The molecule has 0 radical (unpaired) electrons. The minimum atomic E-state index is 0.615. The van der Waals surface area contributed by atoms with E-state index >= 15 is 0 Å². The van der Waals surface area contributed by atoms with E-state index in [-0.39, 0.29) is 0 Å². The lowest BCUT2D eigenvalue weighted by Gasteiger charge is -1.97. The number of nitrogen functional groups attached to an aromatic ring is 2. The number of aromatic nitrogens is 3. The summed E-state index contributed by atoms with van der Waals surface area (Å²) in [4.78, 5) is 4.46. The Morgan fingerprint density at radius 3 is 2.16 bits per heavy atom. The highest BCUT2D eigenvalue weighted by atomic mass is 15.2. The number of anilines is 2. The van der Waals surface area contributed by atoms with Gasteiger partial charge >= 0.3 is 0 Å². The average Bonchev–Trinajstić information content (AvgIpc) is 2.88. The van der Waals surface area contributed by atoms with Crippen LogP contribution in [0.3, 0.4) is 0 Å². The lowest BCUT2D eigenvalue weighted by atomic mass is 10.2. The van der Waals surface area contributed by atoms with E-state index in [4.69, 9.17) is 11.5 Å². The molecular weight excluding hydrogens is 238 g/mol. The van der Waals surface area contributed by atoms with E-state index in [2.05, 4.69) is 15.2 Å². The summed E-state index contributed by atoms with van der Waals surface area (Å²) in [5.74, 6) is 1.30. The molecule has 0 saturated heterocycles. The van der Waals surface area contributed by atoms with E-state index in [0.717, 1.165) is 11.1 Å². The van der Waals surface area contributed by atoms with Gasteiger partial charge in [-0.25, -0.2) is 4.98 Å². The molecule has 0 atom stereocenters. The fourth-order valence-corrected chi connectivity index (χ4v) is 1.88. The monoisotopic (exact) mass is 251 g/mol. The molecule has 94 valence electrons. The summed E-state index contributed by atoms with van der Waals surface area (Å²) < 4.78 is 0. The number of hydrogen-bond donors (Lipinski definition) is 3. The maximum atomic E-state index is 5.76. The molecule has 0 aliphatic heterocycles. The molecule has 0 aliphatic rings. The first-order valence-corrected chi connectivity index (χ1v) is 5.86. The Kier molecular flexibility index (Phi) is 2.64. The normalized spacial score (nSPS) is 10.5. The summed E-state index contributed by atoms with van der Waals surface area (Å²) in [5.41, 5.74) is 14.7. The molecule has 5 nitrogen and oxygen atoms in total. The van der Waals surface area contributed by atoms with Crippen molar-refractivity contribution in [1.82, 2.24) is 15.2 Å². The Morgan fingerprint density at radius 2 is 1.47 bits per heavy atom. The molecule has 19 heavy (non-hydrogen) atoms. The largest absolute Gasteiger partial charge is 0.399 e. The van der Waals surface area contributed by atoms with Gasteiger partial charge in [0.05, 0.1) is 0 Å². The number of nitrogens with one attached hydrogen (secondary N) is 1. The molecule has 1 aromatic heterocycles. The molecule has 3 aromatic rings. The number of H-pyrrole nitrogens is 1. The molecule has 2 aromatic carbocycles. The molecule has 0 fully saturated rings. The third kappa shape index (κ3) is 2.26. The number of aromatic amines is 1. The van der Waals surface area contributed by atoms with Crippen LogP contribution >= 0.6 is 0 Å². The van der Waals surface area contributed by atoms with Gasteiger partial charge in [-0.3, -0.25) is 5.10 Å². The Labute approximate surface area is 110 Å². The number of hydrogen-bond acceptors (Lipinski definition) is 4. The molecule has 0 spiro atoms. The second kappa shape index (κ2) is 4.45. The highest BCUT2D eigenvalue weighted by Crippen LogP contribution is 2.22. The Morgan fingerprint density at radius 1 is 0.842 bits per heavy atom. The van der Waals surface area contributed by atoms with Crippen LogP contribution in [0.15, 0.2) is 48.5 Å². The third-order valence-electron chi connectivity index (χ3n) is 2.79. The second-order valence-electron chi connectivity index (χ2n) is 4.26. The molecule has 0 bridgehead atoms. The molecule has 0 unspecified atom stereocenters. The second-order valence-corrected chi connectivity index (χ2v) is 4.26. The van der Waals surface area contributed by atoms with Gasteiger partial charge in [0.15, 0.2) is 11.6 Å². The predicted octanol–water partition coefficient (Wildman–Crippen LogP) is 2.30. The standard InChI is InChI=1S/C14H13N5/c15-11-5-1-3-9(7-11)13-17-14(19-18-13)10-4-2-6-12(16)8-10/h1-8H,15-16H2,(H,17,18,19). The van der Waals surface area contributed by atoms with Gasteiger partial charge in [-0.05, 0) is 24.3 Å². The van der Waals surface area contributed by atoms with Gasteiger partial charge < -0.3 is 11.5 Å². The summed E-state index contributed by atoms with van der Waals surface area (Å²) >= 11 is 0. The molecule has 1 heterocycles. The highest BCUT2D eigenvalue weighted by Gasteiger charge is 2.07. The maximum Gasteiger partial charge on any atom is 0.181 e. The van der Waals surface area contributed by atoms with Gasteiger partial charge in [0.2, 0.25) is 0 Å². The molecular formula is C14H13N5. The van der Waals surface area contributed by atoms with E-state index in [1.807, 2.05) is 48.5 Å². The van der Waals surface area contributed by atoms with Crippen LogP contribution in [0.2, 0.25) is 0 Å². The highest BCUT2D eigenvalue weighted by molar-refractivity contribution is 5.65. The quantitative estimate of drug-likeness (QED) is 0.609. The summed E-state index contributed by atoms with van der Waals surface area (Å²) in [5, 5.41) is 7.11. The fraction of sp³-hybridized carbons (Fsp3) is 0. The van der Waals surface area contributed by atoms with Crippen molar-refractivity contribution in [3.8, 4) is 22.8 Å². The van der Waals surface area contributed by atoms with Gasteiger partial charge in [0.25, 0.3) is 0 Å². The average molecular weight is 251 g/mol. The van der Waals surface area contributed by atoms with Gasteiger partial charge in [0.1, 0.15) is 0 Å². The van der Waals surface area contributed by atoms with E-state index in [9.17, 15) is 0 Å². The van der Waals surface area contributed by atoms with Crippen LogP contribution in [0, 0.1) is 0 Å². The molecule has 0 amide bonds. The van der Waals surface area contributed by atoms with Crippen LogP contribution in [-0.2, 0) is 0 Å². The zero-order valence-corrected chi connectivity index (χ0v) is 10.2. The summed E-state index contributed by atoms with van der Waals surface area (Å²) in [6.07, 6.45) is 0. The topological polar surface area (TPSA) is 93.6 Å². The first-order chi connectivity index (χ1) is 9.22. The van der Waals surface area contributed by atoms with Crippen LogP contribution < -0.4 is 11.5 Å². The Hall–Kier alpha value is -2.82. The first kappa shape index (κ1) is 11.3. The smallest absolute Gasteiger partial charge is 0.181 e. The van der Waals surface area contributed by atoms with Crippen LogP contribution in [-0.4, -0.2) is 15.2 Å². The van der Waals surface area contributed by atoms with Gasteiger partial charge in [-0.15, -0.1) is 0 Å². The van der Waals surface area contributed by atoms with Crippen LogP contribution in [0.5, 0.6) is 0 Å². The van der Waals surface area contributed by atoms with Crippen molar-refractivity contribution in [3.63, 3.8) is 0 Å². The van der Waals surface area contributed by atoms with E-state index in [1.54, 1.807) is 0 Å². The summed E-state index contributed by atoms with van der Waals surface area (Å²) in [6, 6.07) is 15.0. The van der Waals surface area contributed by atoms with Crippen molar-refractivity contribution in [1.29, 1.82) is 0 Å². The minimum absolute atomic E-state index is 0.615. The van der Waals surface area contributed by atoms with Crippen molar-refractivity contribution in [2.75, 3.05) is 11.5 Å². The van der Waals surface area contributed by atoms with Crippen LogP contribution in [0.1, 0.15) is 0 Å². The molecule has 0 aliphatic carbocycles. The van der Waals surface area contributed by atoms with Gasteiger partial charge in [-0.2, -0.15) is 5.10 Å². The molecule has 3 rings (SSSR count). The van der Waals surface area contributed by atoms with Crippen molar-refractivity contribution < 1.29 is 0 Å². The van der Waals surface area contributed by atoms with E-state index < -0.39 is 0 Å². The molecule has 5 N–H and O–H groups in total. The third-order valence-corrected chi connectivity index (χ3v) is 2.79. The maximum absolute atomic E-state index is 5.76. The Bertz CT molecular complexity index is 657. The number of rotatable bonds is 2. The summed E-state index contributed by atoms with van der Waals surface area (Å²) in [7, 11) is 0.